The molecule has 0 saturated heterocycles. The van der Waals surface area contributed by atoms with E-state index in [0.717, 1.165) is 66.3 Å². The van der Waals surface area contributed by atoms with Crippen LogP contribution in [0.1, 0.15) is 85.7 Å². The fraction of sp³-hybridized carbons (Fsp3) is 0.371. The number of benzene rings is 1. The number of hydrogen-bond donors (Lipinski definition) is 0. The average Bonchev–Trinajstić information content (AvgIpc) is 3.63. The average molecular weight is 736 g/mol. The van der Waals surface area contributed by atoms with Crippen molar-refractivity contribution in [2.75, 3.05) is 0 Å². The first-order valence-corrected chi connectivity index (χ1v) is 15.0. The summed E-state index contributed by atoms with van der Waals surface area (Å²) < 4.78 is 0. The van der Waals surface area contributed by atoms with Gasteiger partial charge in [0, 0.05) is 34.7 Å². The van der Waals surface area contributed by atoms with Crippen LogP contribution in [-0.4, -0.2) is 20.2 Å². The van der Waals surface area contributed by atoms with Gasteiger partial charge in [0.2, 0.25) is 0 Å². The molecule has 4 aromatic heterocycles. The van der Waals surface area contributed by atoms with Crippen LogP contribution in [0.4, 0.5) is 0 Å². The van der Waals surface area contributed by atoms with Gasteiger partial charge in [-0.1, -0.05) is 62.5 Å². The number of pyridine rings is 2. The SMILES string of the molecule is C1=Cc2c(-c3[n-]nc4c3CCCC4)nc(-c3[n-]nc4c3CCCC4)c3cccc(c23)C1.CC(C)(C)c1ccncc1.[Pt+2]. The van der Waals surface area contributed by atoms with Crippen molar-refractivity contribution in [2.45, 2.75) is 84.0 Å². The van der Waals surface area contributed by atoms with Crippen LogP contribution in [0.15, 0.2) is 48.8 Å². The van der Waals surface area contributed by atoms with E-state index >= 15 is 0 Å². The van der Waals surface area contributed by atoms with Crippen LogP contribution >= 0.6 is 0 Å². The van der Waals surface area contributed by atoms with Crippen molar-refractivity contribution < 1.29 is 21.1 Å². The zero-order valence-corrected chi connectivity index (χ0v) is 26.8. The minimum atomic E-state index is 0. The molecule has 3 aliphatic carbocycles. The molecule has 0 unspecified atom stereocenters. The molecule has 7 heteroatoms. The molecule has 0 bridgehead atoms. The fourth-order valence-electron chi connectivity index (χ4n) is 6.55. The maximum Gasteiger partial charge on any atom is 2.00 e. The molecule has 0 atom stereocenters. The summed E-state index contributed by atoms with van der Waals surface area (Å²) in [6, 6.07) is 10.7. The van der Waals surface area contributed by atoms with E-state index in [1.807, 2.05) is 12.4 Å². The van der Waals surface area contributed by atoms with Crippen molar-refractivity contribution in [1.29, 1.82) is 0 Å². The first-order chi connectivity index (χ1) is 20.0. The Bertz CT molecular complexity index is 1760. The van der Waals surface area contributed by atoms with Crippen LogP contribution in [0, 0.1) is 0 Å². The van der Waals surface area contributed by atoms with Crippen LogP contribution in [-0.2, 0) is 58.6 Å². The van der Waals surface area contributed by atoms with E-state index in [9.17, 15) is 0 Å². The molecule has 1 aromatic carbocycles. The van der Waals surface area contributed by atoms with Crippen molar-refractivity contribution in [3.63, 3.8) is 0 Å². The number of allylic oxidation sites excluding steroid dienone is 1. The van der Waals surface area contributed by atoms with Crippen molar-refractivity contribution in [2.24, 2.45) is 0 Å². The van der Waals surface area contributed by atoms with E-state index in [1.165, 1.54) is 64.3 Å². The Labute approximate surface area is 262 Å². The van der Waals surface area contributed by atoms with Gasteiger partial charge < -0.3 is 20.4 Å². The first-order valence-electron chi connectivity index (χ1n) is 15.0. The van der Waals surface area contributed by atoms with Crippen LogP contribution in [0.3, 0.4) is 0 Å². The molecular weight excluding hydrogens is 700 g/mol. The normalized spacial score (nSPS) is 15.3. The fourth-order valence-corrected chi connectivity index (χ4v) is 6.55. The molecule has 42 heavy (non-hydrogen) atoms. The van der Waals surface area contributed by atoms with Gasteiger partial charge in [0.25, 0.3) is 0 Å². The van der Waals surface area contributed by atoms with E-state index in [4.69, 9.17) is 4.98 Å². The number of hydrogen-bond acceptors (Lipinski definition) is 4. The molecule has 5 aromatic rings. The standard InChI is InChI=1S/C26H23N5.C9H13N.Pt/c1-3-13-20-16(9-1)25(30-28-20)23-18-11-5-7-15-8-6-12-19(22(15)18)24(27-23)26-17-10-2-4-14-21(17)29-31-26;1-9(2,3)8-4-6-10-7-5-8;/h5-7,11-12H,1-4,8-10,13-14H2;4-7H,1-3H3;/q-2;;+2. The number of aryl methyl sites for hydroxylation is 2. The summed E-state index contributed by atoms with van der Waals surface area (Å²) in [4.78, 5) is 9.25. The van der Waals surface area contributed by atoms with Gasteiger partial charge in [0.1, 0.15) is 0 Å². The summed E-state index contributed by atoms with van der Waals surface area (Å²) >= 11 is 0. The summed E-state index contributed by atoms with van der Waals surface area (Å²) in [5, 5.41) is 20.9. The third-order valence-corrected chi connectivity index (χ3v) is 8.76. The maximum atomic E-state index is 5.29. The van der Waals surface area contributed by atoms with Gasteiger partial charge in [-0.05, 0) is 103 Å². The Kier molecular flexibility index (Phi) is 8.02. The summed E-state index contributed by atoms with van der Waals surface area (Å²) in [6.07, 6.45) is 18.0. The van der Waals surface area contributed by atoms with Crippen LogP contribution in [0.2, 0.25) is 0 Å². The minimum Gasteiger partial charge on any atom is -0.573 e. The van der Waals surface area contributed by atoms with E-state index in [2.05, 4.69) is 88.6 Å². The largest absolute Gasteiger partial charge is 2.00 e. The van der Waals surface area contributed by atoms with Gasteiger partial charge in [-0.3, -0.25) is 9.97 Å². The zero-order chi connectivity index (χ0) is 28.0. The quantitative estimate of drug-likeness (QED) is 0.195. The van der Waals surface area contributed by atoms with Gasteiger partial charge in [-0.15, -0.1) is 0 Å². The van der Waals surface area contributed by atoms with Gasteiger partial charge in [-0.2, -0.15) is 0 Å². The van der Waals surface area contributed by atoms with Gasteiger partial charge in [0.05, 0.1) is 11.4 Å². The molecule has 0 N–H and O–H groups in total. The van der Waals surface area contributed by atoms with E-state index in [-0.39, 0.29) is 26.5 Å². The number of aromatic nitrogens is 6. The van der Waals surface area contributed by atoms with Crippen LogP contribution in [0.5, 0.6) is 0 Å². The molecule has 216 valence electrons. The Balaban J connectivity index is 0.000000247. The third kappa shape index (κ3) is 5.19. The Morgan fingerprint density at radius 3 is 1.98 bits per heavy atom. The molecule has 0 radical (unpaired) electrons. The second kappa shape index (κ2) is 11.7. The molecule has 0 spiro atoms. The van der Waals surface area contributed by atoms with Crippen LogP contribution in [0.25, 0.3) is 39.6 Å². The molecule has 8 rings (SSSR count). The monoisotopic (exact) mass is 735 g/mol. The topological polar surface area (TPSA) is 79.8 Å². The number of rotatable bonds is 2. The van der Waals surface area contributed by atoms with E-state index < -0.39 is 0 Å². The van der Waals surface area contributed by atoms with Crippen LogP contribution < -0.4 is 10.2 Å². The second-order valence-corrected chi connectivity index (χ2v) is 12.5. The molecule has 3 aliphatic rings. The maximum absolute atomic E-state index is 5.29. The van der Waals surface area contributed by atoms with Gasteiger partial charge in [0.15, 0.2) is 0 Å². The predicted molar refractivity (Wildman–Crippen MR) is 164 cm³/mol. The summed E-state index contributed by atoms with van der Waals surface area (Å²) in [5.74, 6) is 0. The van der Waals surface area contributed by atoms with Gasteiger partial charge in [-0.25, -0.2) is 0 Å². The molecule has 6 nitrogen and oxygen atoms in total. The van der Waals surface area contributed by atoms with Crippen molar-refractivity contribution >= 4 is 16.8 Å². The molecule has 0 fully saturated rings. The molecule has 4 heterocycles. The zero-order valence-electron chi connectivity index (χ0n) is 24.6. The molecular formula is C35H36N6Pt. The molecule has 0 amide bonds. The summed E-state index contributed by atoms with van der Waals surface area (Å²) in [7, 11) is 0. The molecule has 0 saturated carbocycles. The van der Waals surface area contributed by atoms with E-state index in [0.29, 0.717) is 0 Å². The number of fused-ring (bicyclic) bond motifs is 2. The second-order valence-electron chi connectivity index (χ2n) is 12.5. The Morgan fingerprint density at radius 2 is 1.36 bits per heavy atom. The molecule has 0 aliphatic heterocycles. The minimum absolute atomic E-state index is 0. The third-order valence-electron chi connectivity index (χ3n) is 8.76. The number of nitrogens with zero attached hydrogens (tertiary/aromatic N) is 6. The Hall–Kier alpha value is -3.37. The van der Waals surface area contributed by atoms with Gasteiger partial charge >= 0.3 is 21.1 Å². The smallest absolute Gasteiger partial charge is 0.573 e. The summed E-state index contributed by atoms with van der Waals surface area (Å²) in [5.41, 5.74) is 12.9. The van der Waals surface area contributed by atoms with E-state index in [1.54, 1.807) is 0 Å². The van der Waals surface area contributed by atoms with Crippen molar-refractivity contribution in [3.05, 3.63) is 88.0 Å². The Morgan fingerprint density at radius 1 is 0.738 bits per heavy atom. The summed E-state index contributed by atoms with van der Waals surface area (Å²) in [6.45, 7) is 6.59. The predicted octanol–water partition coefficient (Wildman–Crippen LogP) is 6.98. The van der Waals surface area contributed by atoms with Crippen molar-refractivity contribution in [3.8, 4) is 22.8 Å². The van der Waals surface area contributed by atoms with Crippen molar-refractivity contribution in [1.82, 2.24) is 30.4 Å². The first kappa shape index (κ1) is 28.7.